The van der Waals surface area contributed by atoms with Gasteiger partial charge < -0.3 is 14.6 Å². The van der Waals surface area contributed by atoms with Crippen LogP contribution in [0.4, 0.5) is 18.9 Å². The molecular formula is C21H21F3N4O2S. The Hall–Kier alpha value is -3.01. The number of aryl methyl sites for hydroxylation is 1. The molecule has 0 saturated carbocycles. The maximum Gasteiger partial charge on any atom is 0.418 e. The zero-order valence-electron chi connectivity index (χ0n) is 17.1. The molecule has 10 heteroatoms. The van der Waals surface area contributed by atoms with E-state index in [9.17, 15) is 18.0 Å². The molecule has 0 aliphatic heterocycles. The van der Waals surface area contributed by atoms with Crippen LogP contribution in [0.2, 0.25) is 0 Å². The van der Waals surface area contributed by atoms with E-state index in [0.29, 0.717) is 16.7 Å². The molecule has 1 aromatic heterocycles. The summed E-state index contributed by atoms with van der Waals surface area (Å²) in [6, 6.07) is 12.5. The number of hydrogen-bond donors (Lipinski definition) is 1. The molecule has 0 aliphatic carbocycles. The van der Waals surface area contributed by atoms with Crippen molar-refractivity contribution in [3.63, 3.8) is 0 Å². The van der Waals surface area contributed by atoms with Gasteiger partial charge in [-0.15, -0.1) is 10.2 Å². The molecule has 0 fully saturated rings. The maximum absolute atomic E-state index is 13.1. The average Bonchev–Trinajstić information content (AvgIpc) is 3.08. The van der Waals surface area contributed by atoms with E-state index in [0.717, 1.165) is 23.4 Å². The Morgan fingerprint density at radius 1 is 1.16 bits per heavy atom. The van der Waals surface area contributed by atoms with Crippen LogP contribution >= 0.6 is 11.8 Å². The lowest BCUT2D eigenvalue weighted by atomic mass is 10.1. The molecule has 1 unspecified atom stereocenters. The van der Waals surface area contributed by atoms with Gasteiger partial charge in [-0.05, 0) is 38.1 Å². The second-order valence-electron chi connectivity index (χ2n) is 6.85. The van der Waals surface area contributed by atoms with Crippen LogP contribution in [-0.2, 0) is 18.0 Å². The minimum atomic E-state index is -4.55. The lowest BCUT2D eigenvalue weighted by Crippen LogP contribution is -2.18. The summed E-state index contributed by atoms with van der Waals surface area (Å²) < 4.78 is 46.8. The number of carbonyl (C=O) groups is 1. The Morgan fingerprint density at radius 2 is 1.84 bits per heavy atom. The number of carbonyl (C=O) groups excluding carboxylic acids is 1. The van der Waals surface area contributed by atoms with Crippen LogP contribution in [0.5, 0.6) is 5.75 Å². The van der Waals surface area contributed by atoms with E-state index in [1.165, 1.54) is 18.2 Å². The van der Waals surface area contributed by atoms with Gasteiger partial charge in [0.05, 0.1) is 17.0 Å². The Labute approximate surface area is 181 Å². The van der Waals surface area contributed by atoms with Crippen LogP contribution in [0.3, 0.4) is 0 Å². The normalized spacial score (nSPS) is 12.5. The number of ether oxygens (including phenoxy) is 1. The third-order valence-electron chi connectivity index (χ3n) is 4.40. The van der Waals surface area contributed by atoms with Crippen LogP contribution in [-0.4, -0.2) is 26.4 Å². The topological polar surface area (TPSA) is 69.0 Å². The van der Waals surface area contributed by atoms with Gasteiger partial charge in [0.15, 0.2) is 17.1 Å². The molecule has 3 aromatic rings. The lowest BCUT2D eigenvalue weighted by Gasteiger charge is -2.14. The highest BCUT2D eigenvalue weighted by Gasteiger charge is 2.33. The molecule has 2 aromatic carbocycles. The van der Waals surface area contributed by atoms with E-state index in [1.54, 1.807) is 11.6 Å². The van der Waals surface area contributed by atoms with Crippen molar-refractivity contribution in [1.29, 1.82) is 0 Å². The highest BCUT2D eigenvalue weighted by molar-refractivity contribution is 7.99. The summed E-state index contributed by atoms with van der Waals surface area (Å²) in [6.07, 6.45) is -4.94. The van der Waals surface area contributed by atoms with Gasteiger partial charge >= 0.3 is 6.18 Å². The fraction of sp³-hybridized carbons (Fsp3) is 0.286. The first-order valence-corrected chi connectivity index (χ1v) is 10.3. The molecule has 1 heterocycles. The van der Waals surface area contributed by atoms with Gasteiger partial charge in [0.1, 0.15) is 5.75 Å². The van der Waals surface area contributed by atoms with Gasteiger partial charge in [-0.25, -0.2) is 0 Å². The molecule has 164 valence electrons. The molecule has 0 bridgehead atoms. The Bertz CT molecular complexity index is 1050. The monoisotopic (exact) mass is 450 g/mol. The number of para-hydroxylation sites is 1. The van der Waals surface area contributed by atoms with E-state index in [-0.39, 0.29) is 17.5 Å². The van der Waals surface area contributed by atoms with E-state index in [1.807, 2.05) is 38.1 Å². The molecule has 6 nitrogen and oxygen atoms in total. The largest absolute Gasteiger partial charge is 0.483 e. The number of aromatic nitrogens is 3. The Kier molecular flexibility index (Phi) is 6.89. The first-order valence-electron chi connectivity index (χ1n) is 9.36. The number of nitrogens with one attached hydrogen (secondary N) is 1. The Balaban J connectivity index is 1.61. The third-order valence-corrected chi connectivity index (χ3v) is 5.43. The SMILES string of the molecule is Cc1ccc(OC(C)c2nnc(SCC(=O)Nc3ccccc3C(F)(F)F)n2C)cc1. The molecule has 0 radical (unpaired) electrons. The van der Waals surface area contributed by atoms with Crippen molar-refractivity contribution in [1.82, 2.24) is 14.8 Å². The van der Waals surface area contributed by atoms with Crippen LogP contribution in [0.1, 0.15) is 30.0 Å². The first-order chi connectivity index (χ1) is 14.6. The van der Waals surface area contributed by atoms with Gasteiger partial charge in [0.25, 0.3) is 0 Å². The standard InChI is InChI=1S/C21H21F3N4O2S/c1-13-8-10-15(11-9-13)30-14(2)19-26-27-20(28(19)3)31-12-18(29)25-17-7-5-4-6-16(17)21(22,23)24/h4-11,14H,12H2,1-3H3,(H,25,29). The minimum absolute atomic E-state index is 0.120. The molecule has 3 rings (SSSR count). The predicted molar refractivity (Wildman–Crippen MR) is 112 cm³/mol. The average molecular weight is 450 g/mol. The van der Waals surface area contributed by atoms with E-state index >= 15 is 0 Å². The highest BCUT2D eigenvalue weighted by atomic mass is 32.2. The zero-order chi connectivity index (χ0) is 22.6. The summed E-state index contributed by atoms with van der Waals surface area (Å²) >= 11 is 1.07. The van der Waals surface area contributed by atoms with Gasteiger partial charge in [-0.1, -0.05) is 41.6 Å². The van der Waals surface area contributed by atoms with E-state index < -0.39 is 17.6 Å². The molecule has 1 N–H and O–H groups in total. The Morgan fingerprint density at radius 3 is 2.52 bits per heavy atom. The number of rotatable bonds is 7. The van der Waals surface area contributed by atoms with Crippen molar-refractivity contribution in [2.24, 2.45) is 7.05 Å². The van der Waals surface area contributed by atoms with Crippen molar-refractivity contribution < 1.29 is 22.7 Å². The number of hydrogen-bond acceptors (Lipinski definition) is 5. The lowest BCUT2D eigenvalue weighted by molar-refractivity contribution is -0.137. The summed E-state index contributed by atoms with van der Waals surface area (Å²) in [4.78, 5) is 12.2. The number of thioether (sulfide) groups is 1. The molecule has 31 heavy (non-hydrogen) atoms. The number of anilines is 1. The first kappa shape index (κ1) is 22.7. The summed E-state index contributed by atoms with van der Waals surface area (Å²) in [5.41, 5.74) is -0.0516. The summed E-state index contributed by atoms with van der Waals surface area (Å²) in [5.74, 6) is 0.560. The fourth-order valence-corrected chi connectivity index (χ4v) is 3.55. The van der Waals surface area contributed by atoms with E-state index in [4.69, 9.17) is 4.74 Å². The smallest absolute Gasteiger partial charge is 0.418 e. The van der Waals surface area contributed by atoms with Gasteiger partial charge in [0, 0.05) is 7.05 Å². The highest BCUT2D eigenvalue weighted by Crippen LogP contribution is 2.34. The van der Waals surface area contributed by atoms with Crippen LogP contribution in [0.25, 0.3) is 0 Å². The van der Waals surface area contributed by atoms with Crippen LogP contribution in [0, 0.1) is 6.92 Å². The van der Waals surface area contributed by atoms with Crippen molar-refractivity contribution in [3.8, 4) is 5.75 Å². The van der Waals surface area contributed by atoms with E-state index in [2.05, 4.69) is 15.5 Å². The quantitative estimate of drug-likeness (QED) is 0.513. The van der Waals surface area contributed by atoms with Gasteiger partial charge in [-0.2, -0.15) is 13.2 Å². The summed E-state index contributed by atoms with van der Waals surface area (Å²) in [7, 11) is 1.74. The number of amides is 1. The van der Waals surface area contributed by atoms with Crippen LogP contribution < -0.4 is 10.1 Å². The number of nitrogens with zero attached hydrogens (tertiary/aromatic N) is 3. The summed E-state index contributed by atoms with van der Waals surface area (Å²) in [5, 5.41) is 11.0. The zero-order valence-corrected chi connectivity index (χ0v) is 17.9. The van der Waals surface area contributed by atoms with Crippen LogP contribution in [0.15, 0.2) is 53.7 Å². The fourth-order valence-electron chi connectivity index (χ4n) is 2.84. The molecular weight excluding hydrogens is 429 g/mol. The van der Waals surface area contributed by atoms with Crippen molar-refractivity contribution >= 4 is 23.4 Å². The maximum atomic E-state index is 13.1. The second kappa shape index (κ2) is 9.42. The summed E-state index contributed by atoms with van der Waals surface area (Å²) in [6.45, 7) is 3.82. The number of alkyl halides is 3. The van der Waals surface area contributed by atoms with Crippen molar-refractivity contribution in [2.45, 2.75) is 31.3 Å². The van der Waals surface area contributed by atoms with Crippen molar-refractivity contribution in [2.75, 3.05) is 11.1 Å². The molecule has 1 amide bonds. The molecule has 0 aliphatic rings. The molecule has 1 atom stereocenters. The predicted octanol–water partition coefficient (Wildman–Crippen LogP) is 5.01. The second-order valence-corrected chi connectivity index (χ2v) is 7.80. The third kappa shape index (κ3) is 5.78. The van der Waals surface area contributed by atoms with Gasteiger partial charge in [-0.3, -0.25) is 4.79 Å². The number of halogens is 3. The van der Waals surface area contributed by atoms with Crippen molar-refractivity contribution in [3.05, 3.63) is 65.5 Å². The molecule has 0 saturated heterocycles. The number of benzene rings is 2. The minimum Gasteiger partial charge on any atom is -0.483 e. The molecule has 0 spiro atoms. The van der Waals surface area contributed by atoms with Gasteiger partial charge in [0.2, 0.25) is 5.91 Å².